The molecule has 98 valence electrons. The fourth-order valence-corrected chi connectivity index (χ4v) is 3.27. The van der Waals surface area contributed by atoms with Crippen LogP contribution in [-0.4, -0.2) is 46.8 Å². The first kappa shape index (κ1) is 12.8. The maximum atomic E-state index is 10.9. The topological polar surface area (TPSA) is 60.8 Å². The molecule has 0 aromatic rings. The zero-order valence-corrected chi connectivity index (χ0v) is 10.3. The summed E-state index contributed by atoms with van der Waals surface area (Å²) in [5, 5.41) is 18.2. The second-order valence-electron chi connectivity index (χ2n) is 5.53. The van der Waals surface area contributed by atoms with Gasteiger partial charge >= 0.3 is 5.97 Å². The van der Waals surface area contributed by atoms with E-state index in [1.54, 1.807) is 0 Å². The van der Waals surface area contributed by atoms with Gasteiger partial charge in [-0.15, -0.1) is 0 Å². The largest absolute Gasteiger partial charge is 0.481 e. The van der Waals surface area contributed by atoms with Crippen molar-refractivity contribution in [1.82, 2.24) is 4.90 Å². The number of rotatable bonds is 3. The van der Waals surface area contributed by atoms with E-state index < -0.39 is 5.97 Å². The quantitative estimate of drug-likeness (QED) is 0.782. The molecule has 1 atom stereocenters. The Bertz CT molecular complexity index is 261. The van der Waals surface area contributed by atoms with Crippen molar-refractivity contribution >= 4 is 5.97 Å². The molecule has 0 unspecified atom stereocenters. The van der Waals surface area contributed by atoms with Gasteiger partial charge in [-0.3, -0.25) is 4.79 Å². The van der Waals surface area contributed by atoms with Crippen molar-refractivity contribution in [3.8, 4) is 0 Å². The third-order valence-electron chi connectivity index (χ3n) is 4.37. The maximum absolute atomic E-state index is 10.9. The molecule has 2 rings (SSSR count). The Hall–Kier alpha value is -0.610. The van der Waals surface area contributed by atoms with Crippen LogP contribution in [0.25, 0.3) is 0 Å². The Balaban J connectivity index is 1.81. The summed E-state index contributed by atoms with van der Waals surface area (Å²) >= 11 is 0. The summed E-state index contributed by atoms with van der Waals surface area (Å²) in [6, 6.07) is 0.556. The van der Waals surface area contributed by atoms with Crippen molar-refractivity contribution in [2.24, 2.45) is 11.8 Å². The lowest BCUT2D eigenvalue weighted by Crippen LogP contribution is -2.45. The number of aliphatic hydroxyl groups is 1. The predicted octanol–water partition coefficient (Wildman–Crippen LogP) is 1.33. The molecule has 1 saturated carbocycles. The monoisotopic (exact) mass is 241 g/mol. The Morgan fingerprint density at radius 2 is 1.88 bits per heavy atom. The lowest BCUT2D eigenvalue weighted by atomic mass is 9.84. The summed E-state index contributed by atoms with van der Waals surface area (Å²) in [5.41, 5.74) is 0. The van der Waals surface area contributed by atoms with Crippen LogP contribution in [-0.2, 0) is 4.79 Å². The molecule has 0 amide bonds. The minimum Gasteiger partial charge on any atom is -0.481 e. The van der Waals surface area contributed by atoms with Crippen molar-refractivity contribution < 1.29 is 15.0 Å². The normalized spacial score (nSPS) is 35.7. The summed E-state index contributed by atoms with van der Waals surface area (Å²) < 4.78 is 0. The lowest BCUT2D eigenvalue weighted by molar-refractivity contribution is -0.143. The molecule has 1 aliphatic heterocycles. The van der Waals surface area contributed by atoms with Crippen LogP contribution in [0.1, 0.15) is 38.5 Å². The van der Waals surface area contributed by atoms with Crippen LogP contribution in [0.15, 0.2) is 0 Å². The highest BCUT2D eigenvalue weighted by atomic mass is 16.4. The number of carbonyl (C=O) groups is 1. The van der Waals surface area contributed by atoms with Crippen LogP contribution in [0.2, 0.25) is 0 Å². The minimum absolute atomic E-state index is 0.121. The zero-order valence-electron chi connectivity index (χ0n) is 10.3. The van der Waals surface area contributed by atoms with E-state index >= 15 is 0 Å². The van der Waals surface area contributed by atoms with Crippen LogP contribution in [0, 0.1) is 11.8 Å². The van der Waals surface area contributed by atoms with E-state index in [0.29, 0.717) is 18.6 Å². The van der Waals surface area contributed by atoms with Crippen LogP contribution < -0.4 is 0 Å². The van der Waals surface area contributed by atoms with Crippen molar-refractivity contribution in [2.75, 3.05) is 19.7 Å². The molecular formula is C13H23NO3. The van der Waals surface area contributed by atoms with Gasteiger partial charge in [-0.2, -0.15) is 0 Å². The highest BCUT2D eigenvalue weighted by Crippen LogP contribution is 2.30. The SMILES string of the molecule is O=C(O)C1CCC(N2CCC[C@H](CO)C2)CC1. The molecule has 0 aromatic carbocycles. The average molecular weight is 241 g/mol. The van der Waals surface area contributed by atoms with Gasteiger partial charge < -0.3 is 15.1 Å². The molecule has 2 N–H and O–H groups in total. The first-order chi connectivity index (χ1) is 8.20. The fraction of sp³-hybridized carbons (Fsp3) is 0.923. The summed E-state index contributed by atoms with van der Waals surface area (Å²) in [5.74, 6) is -0.319. The van der Waals surface area contributed by atoms with Gasteiger partial charge in [-0.05, 0) is 51.0 Å². The summed E-state index contributed by atoms with van der Waals surface area (Å²) in [6.07, 6.45) is 5.96. The Morgan fingerprint density at radius 1 is 1.18 bits per heavy atom. The number of nitrogens with zero attached hydrogens (tertiary/aromatic N) is 1. The number of carboxylic acid groups (broad SMARTS) is 1. The van der Waals surface area contributed by atoms with E-state index in [2.05, 4.69) is 4.90 Å². The van der Waals surface area contributed by atoms with E-state index in [9.17, 15) is 9.90 Å². The number of aliphatic hydroxyl groups excluding tert-OH is 1. The summed E-state index contributed by atoms with van der Waals surface area (Å²) in [7, 11) is 0. The van der Waals surface area contributed by atoms with Gasteiger partial charge in [0.1, 0.15) is 0 Å². The van der Waals surface area contributed by atoms with Crippen molar-refractivity contribution in [3.05, 3.63) is 0 Å². The molecule has 0 spiro atoms. The number of likely N-dealkylation sites (tertiary alicyclic amines) is 1. The number of hydrogen-bond donors (Lipinski definition) is 2. The standard InChI is InChI=1S/C13H23NO3/c15-9-10-2-1-7-14(8-10)12-5-3-11(4-6-12)13(16)17/h10-12,15H,1-9H2,(H,16,17)/t10-,11?,12?/m0/s1. The van der Waals surface area contributed by atoms with E-state index in [1.807, 2.05) is 0 Å². The van der Waals surface area contributed by atoms with E-state index in [1.165, 1.54) is 6.42 Å². The number of piperidine rings is 1. The number of aliphatic carboxylic acids is 1. The second kappa shape index (κ2) is 5.83. The smallest absolute Gasteiger partial charge is 0.306 e. The predicted molar refractivity (Wildman–Crippen MR) is 64.8 cm³/mol. The molecule has 2 aliphatic rings. The molecule has 4 nitrogen and oxygen atoms in total. The lowest BCUT2D eigenvalue weighted by Gasteiger charge is -2.40. The van der Waals surface area contributed by atoms with Gasteiger partial charge in [0.2, 0.25) is 0 Å². The molecule has 0 aromatic heterocycles. The summed E-state index contributed by atoms with van der Waals surface area (Å²) in [6.45, 7) is 2.42. The van der Waals surface area contributed by atoms with Gasteiger partial charge in [-0.1, -0.05) is 0 Å². The van der Waals surface area contributed by atoms with E-state index in [-0.39, 0.29) is 5.92 Å². The molecule has 1 aliphatic carbocycles. The van der Waals surface area contributed by atoms with Crippen LogP contribution in [0.3, 0.4) is 0 Å². The van der Waals surface area contributed by atoms with Crippen LogP contribution in [0.4, 0.5) is 0 Å². The van der Waals surface area contributed by atoms with Crippen molar-refractivity contribution in [3.63, 3.8) is 0 Å². The van der Waals surface area contributed by atoms with Gasteiger partial charge in [0.25, 0.3) is 0 Å². The maximum Gasteiger partial charge on any atom is 0.306 e. The highest BCUT2D eigenvalue weighted by Gasteiger charge is 2.31. The fourth-order valence-electron chi connectivity index (χ4n) is 3.27. The molecule has 0 radical (unpaired) electrons. The van der Waals surface area contributed by atoms with Crippen molar-refractivity contribution in [2.45, 2.75) is 44.6 Å². The third kappa shape index (κ3) is 3.19. The van der Waals surface area contributed by atoms with E-state index in [0.717, 1.165) is 45.2 Å². The summed E-state index contributed by atoms with van der Waals surface area (Å²) in [4.78, 5) is 13.4. The van der Waals surface area contributed by atoms with Crippen molar-refractivity contribution in [1.29, 1.82) is 0 Å². The first-order valence-corrected chi connectivity index (χ1v) is 6.78. The molecule has 1 heterocycles. The third-order valence-corrected chi connectivity index (χ3v) is 4.37. The van der Waals surface area contributed by atoms with Gasteiger partial charge in [0.15, 0.2) is 0 Å². The molecule has 0 bridgehead atoms. The minimum atomic E-state index is -0.629. The van der Waals surface area contributed by atoms with Crippen LogP contribution >= 0.6 is 0 Å². The van der Waals surface area contributed by atoms with Crippen LogP contribution in [0.5, 0.6) is 0 Å². The average Bonchev–Trinajstić information content (AvgIpc) is 2.39. The Labute approximate surface area is 103 Å². The molecule has 2 fully saturated rings. The molecule has 1 saturated heterocycles. The molecule has 4 heteroatoms. The Kier molecular flexibility index (Phi) is 4.40. The Morgan fingerprint density at radius 3 is 2.47 bits per heavy atom. The highest BCUT2D eigenvalue weighted by molar-refractivity contribution is 5.70. The molecular weight excluding hydrogens is 218 g/mol. The second-order valence-corrected chi connectivity index (χ2v) is 5.53. The molecule has 17 heavy (non-hydrogen) atoms. The number of hydrogen-bond acceptors (Lipinski definition) is 3. The first-order valence-electron chi connectivity index (χ1n) is 6.78. The zero-order chi connectivity index (χ0) is 12.3. The van der Waals surface area contributed by atoms with Gasteiger partial charge in [0, 0.05) is 19.2 Å². The number of carboxylic acids is 1. The van der Waals surface area contributed by atoms with E-state index in [4.69, 9.17) is 5.11 Å². The van der Waals surface area contributed by atoms with Gasteiger partial charge in [0.05, 0.1) is 5.92 Å². The van der Waals surface area contributed by atoms with Gasteiger partial charge in [-0.25, -0.2) is 0 Å².